The number of fused-ring (bicyclic) bond motifs is 1. The number of carbonyl (C=O) groups excluding carboxylic acids is 1. The maximum absolute atomic E-state index is 12.9. The van der Waals surface area contributed by atoms with Gasteiger partial charge in [0.2, 0.25) is 0 Å². The zero-order valence-electron chi connectivity index (χ0n) is 21.6. The molecule has 2 heterocycles. The zero-order valence-corrected chi connectivity index (χ0v) is 23.3. The lowest BCUT2D eigenvalue weighted by molar-refractivity contribution is -0.122. The summed E-state index contributed by atoms with van der Waals surface area (Å²) in [5.41, 5.74) is 3.89. The van der Waals surface area contributed by atoms with Crippen LogP contribution >= 0.6 is 23.5 Å². The molecule has 0 saturated carbocycles. The average molecular weight is 543 g/mol. The van der Waals surface area contributed by atoms with E-state index in [1.165, 1.54) is 11.8 Å². The summed E-state index contributed by atoms with van der Waals surface area (Å²) in [4.78, 5) is 20.4. The first-order valence-corrected chi connectivity index (χ1v) is 13.8. The van der Waals surface area contributed by atoms with Gasteiger partial charge in [0.05, 0.1) is 28.9 Å². The van der Waals surface area contributed by atoms with E-state index in [0.29, 0.717) is 17.0 Å². The third-order valence-electron chi connectivity index (χ3n) is 5.90. The van der Waals surface area contributed by atoms with Crippen molar-refractivity contribution in [1.29, 1.82) is 10.7 Å². The van der Waals surface area contributed by atoms with Crippen molar-refractivity contribution in [3.63, 3.8) is 0 Å². The van der Waals surface area contributed by atoms with Crippen molar-refractivity contribution >= 4 is 46.0 Å². The first-order valence-electron chi connectivity index (χ1n) is 12.1. The van der Waals surface area contributed by atoms with Crippen LogP contribution in [0.15, 0.2) is 93.7 Å². The fourth-order valence-corrected chi connectivity index (χ4v) is 6.05. The molecule has 2 N–H and O–H groups in total. The van der Waals surface area contributed by atoms with Crippen LogP contribution in [-0.2, 0) is 11.3 Å². The minimum atomic E-state index is -0.0870. The fraction of sp³-hybridized carbons (Fsp3) is 0.207. The summed E-state index contributed by atoms with van der Waals surface area (Å²) in [5, 5.41) is 21.3. The summed E-state index contributed by atoms with van der Waals surface area (Å²) in [6, 6.07) is 27.5. The van der Waals surface area contributed by atoms with Crippen LogP contribution in [0.25, 0.3) is 0 Å². The third-order valence-corrected chi connectivity index (χ3v) is 8.25. The molecular formula is C29H30N6OS2. The van der Waals surface area contributed by atoms with Gasteiger partial charge in [0.1, 0.15) is 4.91 Å². The first-order chi connectivity index (χ1) is 18.4. The predicted octanol–water partition coefficient (Wildman–Crippen LogP) is 5.64. The predicted molar refractivity (Wildman–Crippen MR) is 158 cm³/mol. The third kappa shape index (κ3) is 6.58. The molecule has 2 aliphatic rings. The van der Waals surface area contributed by atoms with E-state index in [9.17, 15) is 4.79 Å². The Hall–Kier alpha value is -3.71. The maximum Gasteiger partial charge on any atom is 0.269 e. The number of nitrogens with one attached hydrogen (secondary N) is 2. The second kappa shape index (κ2) is 12.7. The Labute approximate surface area is 232 Å². The van der Waals surface area contributed by atoms with Crippen LogP contribution in [0.3, 0.4) is 0 Å². The molecule has 1 fully saturated rings. The Kier molecular flexibility index (Phi) is 9.13. The summed E-state index contributed by atoms with van der Waals surface area (Å²) < 4.78 is 0. The van der Waals surface area contributed by atoms with Crippen molar-refractivity contribution in [3.8, 4) is 6.07 Å². The lowest BCUT2D eigenvalue weighted by Crippen LogP contribution is -2.28. The standard InChI is InChI=1S/C18H15N3OS2.C11H15N3/c1-20-13-9-5-6-10-14(13)23-17(20)15-16(22)21(18(19)24-15)11-12-7-3-2-4-8-12;1-14(2)8-7-13-11-5-3-10(9-12)4-6-11/h2-10,19H,11H2,1H3;3-6,13H,7-8H2,1-2H3/b17-15-,19-18?;. The number of hydrogen-bond donors (Lipinski definition) is 2. The van der Waals surface area contributed by atoms with Gasteiger partial charge in [0.15, 0.2) is 5.17 Å². The number of likely N-dealkylation sites (N-methyl/N-ethyl adjacent to an activating group) is 1. The first kappa shape index (κ1) is 27.3. The minimum absolute atomic E-state index is 0.0870. The van der Waals surface area contributed by atoms with Crippen molar-refractivity contribution < 1.29 is 4.79 Å². The van der Waals surface area contributed by atoms with Crippen LogP contribution < -0.4 is 10.2 Å². The van der Waals surface area contributed by atoms with E-state index < -0.39 is 0 Å². The molecule has 7 nitrogen and oxygen atoms in total. The van der Waals surface area contributed by atoms with E-state index in [0.717, 1.165) is 40.0 Å². The molecule has 1 saturated heterocycles. The summed E-state index contributed by atoms with van der Waals surface area (Å²) in [7, 11) is 6.05. The van der Waals surface area contributed by atoms with E-state index in [4.69, 9.17) is 10.7 Å². The largest absolute Gasteiger partial charge is 0.384 e. The smallest absolute Gasteiger partial charge is 0.269 e. The van der Waals surface area contributed by atoms with Crippen molar-refractivity contribution in [2.75, 3.05) is 44.4 Å². The second-order valence-corrected chi connectivity index (χ2v) is 11.0. The highest BCUT2D eigenvalue weighted by molar-refractivity contribution is 8.19. The molecule has 5 rings (SSSR count). The summed E-state index contributed by atoms with van der Waals surface area (Å²) in [6.45, 7) is 2.35. The Morgan fingerprint density at radius 1 is 0.974 bits per heavy atom. The van der Waals surface area contributed by atoms with Crippen LogP contribution in [0.1, 0.15) is 11.1 Å². The highest BCUT2D eigenvalue weighted by Gasteiger charge is 2.38. The van der Waals surface area contributed by atoms with Gasteiger partial charge >= 0.3 is 0 Å². The number of benzene rings is 3. The highest BCUT2D eigenvalue weighted by atomic mass is 32.2. The summed E-state index contributed by atoms with van der Waals surface area (Å²) in [5.74, 6) is -0.0870. The number of nitriles is 1. The lowest BCUT2D eigenvalue weighted by Gasteiger charge is -2.16. The number of para-hydroxylation sites is 1. The number of amides is 1. The normalized spacial score (nSPS) is 16.3. The van der Waals surface area contributed by atoms with Crippen molar-refractivity contribution in [1.82, 2.24) is 9.80 Å². The van der Waals surface area contributed by atoms with Crippen LogP contribution in [0.5, 0.6) is 0 Å². The molecule has 0 bridgehead atoms. The van der Waals surface area contributed by atoms with Gasteiger partial charge in [-0.1, -0.05) is 54.2 Å². The average Bonchev–Trinajstić information content (AvgIpc) is 3.41. The molecule has 1 amide bonds. The number of hydrogen-bond acceptors (Lipinski definition) is 8. The molecule has 0 unspecified atom stereocenters. The SMILES string of the molecule is CN(C)CCNc1ccc(C#N)cc1.CN1/C(=C2/SC(=N)N(Cc3ccccc3)C2=O)Sc2ccccc21. The van der Waals surface area contributed by atoms with Gasteiger partial charge in [-0.25, -0.2) is 0 Å². The van der Waals surface area contributed by atoms with Crippen LogP contribution in [0.4, 0.5) is 11.4 Å². The van der Waals surface area contributed by atoms with Crippen molar-refractivity contribution in [2.45, 2.75) is 11.4 Å². The number of carbonyl (C=O) groups is 1. The molecule has 3 aromatic carbocycles. The van der Waals surface area contributed by atoms with Gasteiger partial charge in [-0.05, 0) is 67.8 Å². The Balaban J connectivity index is 0.000000206. The molecule has 2 aliphatic heterocycles. The van der Waals surface area contributed by atoms with Gasteiger partial charge in [-0.2, -0.15) is 5.26 Å². The molecule has 38 heavy (non-hydrogen) atoms. The number of anilines is 2. The molecule has 0 aromatic heterocycles. The van der Waals surface area contributed by atoms with Crippen LogP contribution in [0.2, 0.25) is 0 Å². The van der Waals surface area contributed by atoms with Gasteiger partial charge < -0.3 is 15.1 Å². The summed E-state index contributed by atoms with van der Waals surface area (Å²) >= 11 is 2.85. The van der Waals surface area contributed by atoms with Gasteiger partial charge in [-0.15, -0.1) is 0 Å². The van der Waals surface area contributed by atoms with Gasteiger partial charge in [0.25, 0.3) is 5.91 Å². The molecular weight excluding hydrogens is 512 g/mol. The molecule has 0 radical (unpaired) electrons. The van der Waals surface area contributed by atoms with Crippen molar-refractivity contribution in [2.24, 2.45) is 0 Å². The Morgan fingerprint density at radius 2 is 1.66 bits per heavy atom. The minimum Gasteiger partial charge on any atom is -0.384 e. The topological polar surface area (TPSA) is 86.5 Å². The molecule has 3 aromatic rings. The number of rotatable bonds is 6. The molecule has 0 atom stereocenters. The molecule has 0 aliphatic carbocycles. The molecule has 9 heteroatoms. The van der Waals surface area contributed by atoms with E-state index in [1.54, 1.807) is 16.7 Å². The highest BCUT2D eigenvalue weighted by Crippen LogP contribution is 2.49. The quantitative estimate of drug-likeness (QED) is 0.390. The lowest BCUT2D eigenvalue weighted by atomic mass is 10.2. The Bertz CT molecular complexity index is 1370. The van der Waals surface area contributed by atoms with Crippen LogP contribution in [-0.4, -0.2) is 55.1 Å². The van der Waals surface area contributed by atoms with E-state index in [2.05, 4.69) is 22.4 Å². The van der Waals surface area contributed by atoms with Gasteiger partial charge in [-0.3, -0.25) is 15.1 Å². The van der Waals surface area contributed by atoms with Crippen molar-refractivity contribution in [3.05, 3.63) is 99.9 Å². The van der Waals surface area contributed by atoms with Gasteiger partial charge in [0, 0.05) is 30.7 Å². The number of thioether (sulfide) groups is 2. The van der Waals surface area contributed by atoms with E-state index in [-0.39, 0.29) is 11.1 Å². The fourth-order valence-electron chi connectivity index (χ4n) is 3.84. The molecule has 0 spiro atoms. The molecule has 194 valence electrons. The second-order valence-electron chi connectivity index (χ2n) is 8.97. The summed E-state index contributed by atoms with van der Waals surface area (Å²) in [6.07, 6.45) is 0. The number of amidine groups is 1. The van der Waals surface area contributed by atoms with Crippen LogP contribution in [0, 0.1) is 16.7 Å². The van der Waals surface area contributed by atoms with E-state index >= 15 is 0 Å². The number of nitrogens with zero attached hydrogens (tertiary/aromatic N) is 4. The Morgan fingerprint density at radius 3 is 2.32 bits per heavy atom. The zero-order chi connectivity index (χ0) is 27.1. The monoisotopic (exact) mass is 542 g/mol. The van der Waals surface area contributed by atoms with E-state index in [1.807, 2.05) is 98.8 Å². The maximum atomic E-state index is 12.9.